The molecule has 1 N–H and O–H groups in total. The molecule has 0 spiro atoms. The first kappa shape index (κ1) is 21.6. The number of benzene rings is 2. The number of aryl methyl sites for hydroxylation is 2. The van der Waals surface area contributed by atoms with Gasteiger partial charge in [0, 0.05) is 18.3 Å². The van der Waals surface area contributed by atoms with Gasteiger partial charge in [-0.25, -0.2) is 0 Å². The summed E-state index contributed by atoms with van der Waals surface area (Å²) >= 11 is 0. The first-order valence-corrected chi connectivity index (χ1v) is 10.9. The van der Waals surface area contributed by atoms with Crippen LogP contribution < -0.4 is 14.8 Å². The molecule has 4 rings (SSSR count). The van der Waals surface area contributed by atoms with Gasteiger partial charge in [0.05, 0.1) is 13.2 Å². The van der Waals surface area contributed by atoms with Crippen LogP contribution in [0.5, 0.6) is 11.5 Å². The Morgan fingerprint density at radius 1 is 1.13 bits per heavy atom. The minimum atomic E-state index is -2.91. The third-order valence-corrected chi connectivity index (χ3v) is 5.70. The molecule has 0 bridgehead atoms. The van der Waals surface area contributed by atoms with Crippen LogP contribution in [0.2, 0.25) is 0 Å². The molecule has 5 nitrogen and oxygen atoms in total. The van der Waals surface area contributed by atoms with Crippen LogP contribution in [0.4, 0.5) is 14.5 Å². The van der Waals surface area contributed by atoms with Crippen LogP contribution >= 0.6 is 0 Å². The van der Waals surface area contributed by atoms with Gasteiger partial charge in [-0.15, -0.1) is 0 Å². The number of ether oxygens (including phenoxy) is 2. The average molecular weight is 430 g/mol. The Balaban J connectivity index is 1.41. The molecule has 0 saturated heterocycles. The highest BCUT2D eigenvalue weighted by Crippen LogP contribution is 2.33. The van der Waals surface area contributed by atoms with Crippen molar-refractivity contribution < 1.29 is 23.0 Å². The predicted molar refractivity (Wildman–Crippen MR) is 115 cm³/mol. The zero-order chi connectivity index (χ0) is 21.8. The molecule has 2 aromatic rings. The highest BCUT2D eigenvalue weighted by atomic mass is 19.3. The van der Waals surface area contributed by atoms with Gasteiger partial charge in [-0.05, 0) is 80.0 Å². The number of fused-ring (bicyclic) bond motifs is 1. The summed E-state index contributed by atoms with van der Waals surface area (Å²) < 4.78 is 35.3. The minimum absolute atomic E-state index is 0.0212. The SMILES string of the molecule is CCOc1cc(CN(CC(=O)Nc2ccc3c(c2)CCC3)C2CC2)ccc1OC(F)F. The maximum atomic E-state index is 12.7. The maximum Gasteiger partial charge on any atom is 0.387 e. The van der Waals surface area contributed by atoms with Gasteiger partial charge in [-0.3, -0.25) is 9.69 Å². The number of rotatable bonds is 10. The van der Waals surface area contributed by atoms with E-state index < -0.39 is 6.61 Å². The van der Waals surface area contributed by atoms with Crippen LogP contribution in [0.15, 0.2) is 36.4 Å². The monoisotopic (exact) mass is 430 g/mol. The summed E-state index contributed by atoms with van der Waals surface area (Å²) in [4.78, 5) is 14.8. The summed E-state index contributed by atoms with van der Waals surface area (Å²) in [5.74, 6) is 0.263. The fourth-order valence-electron chi connectivity index (χ4n) is 4.14. The average Bonchev–Trinajstić information content (AvgIpc) is 3.47. The lowest BCUT2D eigenvalue weighted by Gasteiger charge is -2.22. The molecule has 0 heterocycles. The Morgan fingerprint density at radius 2 is 1.94 bits per heavy atom. The van der Waals surface area contributed by atoms with Gasteiger partial charge < -0.3 is 14.8 Å². The van der Waals surface area contributed by atoms with E-state index in [0.29, 0.717) is 24.9 Å². The molecule has 1 fully saturated rings. The third kappa shape index (κ3) is 5.73. The van der Waals surface area contributed by atoms with E-state index in [1.54, 1.807) is 19.1 Å². The largest absolute Gasteiger partial charge is 0.490 e. The van der Waals surface area contributed by atoms with Gasteiger partial charge in [0.1, 0.15) is 0 Å². The van der Waals surface area contributed by atoms with Crippen molar-refractivity contribution in [1.29, 1.82) is 0 Å². The lowest BCUT2D eigenvalue weighted by molar-refractivity contribution is -0.117. The normalized spacial score (nSPS) is 15.3. The van der Waals surface area contributed by atoms with E-state index >= 15 is 0 Å². The molecule has 1 amide bonds. The third-order valence-electron chi connectivity index (χ3n) is 5.70. The van der Waals surface area contributed by atoms with Gasteiger partial charge in [0.15, 0.2) is 11.5 Å². The van der Waals surface area contributed by atoms with Crippen LogP contribution in [0.3, 0.4) is 0 Å². The summed E-state index contributed by atoms with van der Waals surface area (Å²) in [6, 6.07) is 11.5. The van der Waals surface area contributed by atoms with Crippen molar-refractivity contribution in [2.24, 2.45) is 0 Å². The standard InChI is InChI=1S/C24H28F2N2O3/c1-2-30-22-12-16(6-11-21(22)31-24(25)26)14-28(20-9-10-20)15-23(29)27-19-8-7-17-4-3-5-18(17)13-19/h6-8,11-13,20,24H,2-5,9-10,14-15H2,1H3,(H,27,29). The molecule has 166 valence electrons. The fourth-order valence-corrected chi connectivity index (χ4v) is 4.14. The Labute approximate surface area is 181 Å². The predicted octanol–water partition coefficient (Wildman–Crippen LogP) is 4.78. The summed E-state index contributed by atoms with van der Waals surface area (Å²) in [5, 5.41) is 3.02. The van der Waals surface area contributed by atoms with E-state index in [-0.39, 0.29) is 18.2 Å². The zero-order valence-corrected chi connectivity index (χ0v) is 17.7. The number of hydrogen-bond acceptors (Lipinski definition) is 4. The number of hydrogen-bond donors (Lipinski definition) is 1. The second-order valence-electron chi connectivity index (χ2n) is 8.11. The summed E-state index contributed by atoms with van der Waals surface area (Å²) in [6.45, 7) is 0.0473. The second-order valence-corrected chi connectivity index (χ2v) is 8.11. The van der Waals surface area contributed by atoms with Crippen molar-refractivity contribution >= 4 is 11.6 Å². The van der Waals surface area contributed by atoms with Gasteiger partial charge in [0.25, 0.3) is 0 Å². The van der Waals surface area contributed by atoms with Crippen molar-refractivity contribution in [2.75, 3.05) is 18.5 Å². The summed E-state index contributed by atoms with van der Waals surface area (Å²) in [5.41, 5.74) is 4.43. The first-order chi connectivity index (χ1) is 15.0. The highest BCUT2D eigenvalue weighted by Gasteiger charge is 2.30. The van der Waals surface area contributed by atoms with E-state index in [1.807, 2.05) is 6.07 Å². The van der Waals surface area contributed by atoms with E-state index in [2.05, 4.69) is 27.1 Å². The van der Waals surface area contributed by atoms with Crippen molar-refractivity contribution in [3.63, 3.8) is 0 Å². The van der Waals surface area contributed by atoms with Gasteiger partial charge >= 0.3 is 6.61 Å². The molecule has 0 radical (unpaired) electrons. The number of anilines is 1. The number of alkyl halides is 2. The number of nitrogens with one attached hydrogen (secondary N) is 1. The lowest BCUT2D eigenvalue weighted by atomic mass is 10.1. The van der Waals surface area contributed by atoms with Crippen LogP contribution in [0.25, 0.3) is 0 Å². The second kappa shape index (κ2) is 9.64. The molecule has 1 saturated carbocycles. The molecule has 2 aliphatic rings. The summed E-state index contributed by atoms with van der Waals surface area (Å²) in [6.07, 6.45) is 5.46. The van der Waals surface area contributed by atoms with Crippen molar-refractivity contribution in [1.82, 2.24) is 4.90 Å². The van der Waals surface area contributed by atoms with Gasteiger partial charge in [0.2, 0.25) is 5.91 Å². The molecule has 0 unspecified atom stereocenters. The van der Waals surface area contributed by atoms with Crippen LogP contribution in [0.1, 0.15) is 42.9 Å². The van der Waals surface area contributed by atoms with E-state index in [1.165, 1.54) is 23.6 Å². The number of halogens is 2. The minimum Gasteiger partial charge on any atom is -0.490 e. The maximum absolute atomic E-state index is 12.7. The molecule has 0 aliphatic heterocycles. The molecular weight excluding hydrogens is 402 g/mol. The molecule has 0 atom stereocenters. The first-order valence-electron chi connectivity index (χ1n) is 10.9. The number of carbonyl (C=O) groups is 1. The number of carbonyl (C=O) groups excluding carboxylic acids is 1. The van der Waals surface area contributed by atoms with Crippen LogP contribution in [0, 0.1) is 0 Å². The van der Waals surface area contributed by atoms with Crippen LogP contribution in [-0.2, 0) is 24.2 Å². The zero-order valence-electron chi connectivity index (χ0n) is 17.7. The number of nitrogens with zero attached hydrogens (tertiary/aromatic N) is 1. The molecule has 7 heteroatoms. The summed E-state index contributed by atoms with van der Waals surface area (Å²) in [7, 11) is 0. The molecular formula is C24H28F2N2O3. The van der Waals surface area contributed by atoms with E-state index in [4.69, 9.17) is 4.74 Å². The van der Waals surface area contributed by atoms with Crippen molar-refractivity contribution in [3.05, 3.63) is 53.1 Å². The van der Waals surface area contributed by atoms with Crippen molar-refractivity contribution in [2.45, 2.75) is 58.2 Å². The lowest BCUT2D eigenvalue weighted by Crippen LogP contribution is -2.34. The molecule has 2 aromatic carbocycles. The molecule has 31 heavy (non-hydrogen) atoms. The van der Waals surface area contributed by atoms with Gasteiger partial charge in [-0.2, -0.15) is 8.78 Å². The molecule has 2 aliphatic carbocycles. The Kier molecular flexibility index (Phi) is 6.70. The highest BCUT2D eigenvalue weighted by molar-refractivity contribution is 5.92. The van der Waals surface area contributed by atoms with Gasteiger partial charge in [-0.1, -0.05) is 12.1 Å². The molecule has 0 aromatic heterocycles. The van der Waals surface area contributed by atoms with Crippen molar-refractivity contribution in [3.8, 4) is 11.5 Å². The Hall–Kier alpha value is -2.67. The smallest absolute Gasteiger partial charge is 0.387 e. The fraction of sp³-hybridized carbons (Fsp3) is 0.458. The Bertz CT molecular complexity index is 931. The van der Waals surface area contributed by atoms with Crippen LogP contribution in [-0.4, -0.2) is 36.6 Å². The quantitative estimate of drug-likeness (QED) is 0.590. The van der Waals surface area contributed by atoms with E-state index in [9.17, 15) is 13.6 Å². The van der Waals surface area contributed by atoms with E-state index in [0.717, 1.165) is 36.9 Å². The Morgan fingerprint density at radius 3 is 2.68 bits per heavy atom. The number of amides is 1. The topological polar surface area (TPSA) is 50.8 Å².